The number of amides is 1. The normalized spacial score (nSPS) is 16.7. The van der Waals surface area contributed by atoms with Crippen molar-refractivity contribution in [2.75, 3.05) is 16.6 Å². The molecule has 104 valence electrons. The number of hydrogen-bond donors (Lipinski definition) is 0. The first-order valence-electron chi connectivity index (χ1n) is 7.28. The summed E-state index contributed by atoms with van der Waals surface area (Å²) in [4.78, 5) is 12.5. The minimum Gasteiger partial charge on any atom is -0.274 e. The van der Waals surface area contributed by atoms with Gasteiger partial charge in [-0.05, 0) is 29.7 Å². The zero-order chi connectivity index (χ0) is 14.2. The van der Waals surface area contributed by atoms with Gasteiger partial charge in [0.2, 0.25) is 5.91 Å². The van der Waals surface area contributed by atoms with Crippen LogP contribution >= 0.6 is 0 Å². The summed E-state index contributed by atoms with van der Waals surface area (Å²) in [5.74, 6) is 0.166. The number of carbonyl (C=O) groups is 1. The van der Waals surface area contributed by atoms with Crippen molar-refractivity contribution < 1.29 is 4.79 Å². The van der Waals surface area contributed by atoms with Gasteiger partial charge >= 0.3 is 0 Å². The fraction of sp³-hybridized carbons (Fsp3) is 0.167. The summed E-state index contributed by atoms with van der Waals surface area (Å²) in [6.45, 7) is 0.719. The van der Waals surface area contributed by atoms with E-state index in [2.05, 4.69) is 35.4 Å². The van der Waals surface area contributed by atoms with Crippen molar-refractivity contribution in [3.8, 4) is 0 Å². The fourth-order valence-electron chi connectivity index (χ4n) is 3.11. The van der Waals surface area contributed by atoms with Gasteiger partial charge in [0.05, 0.1) is 17.9 Å². The topological polar surface area (TPSA) is 23.6 Å². The van der Waals surface area contributed by atoms with E-state index in [0.717, 1.165) is 29.9 Å². The van der Waals surface area contributed by atoms with Gasteiger partial charge in [0, 0.05) is 6.42 Å². The number of aryl methyl sites for hydroxylation is 1. The number of rotatable bonds is 1. The van der Waals surface area contributed by atoms with Crippen LogP contribution in [0.4, 0.5) is 11.4 Å². The smallest absolute Gasteiger partial charge is 0.246 e. The van der Waals surface area contributed by atoms with Gasteiger partial charge in [-0.3, -0.25) is 9.80 Å². The highest BCUT2D eigenvalue weighted by Gasteiger charge is 2.30. The zero-order valence-electron chi connectivity index (χ0n) is 11.7. The Morgan fingerprint density at radius 3 is 2.52 bits per heavy atom. The molecule has 0 atom stereocenters. The Labute approximate surface area is 124 Å². The second-order valence-corrected chi connectivity index (χ2v) is 5.38. The van der Waals surface area contributed by atoms with Crippen molar-refractivity contribution in [3.05, 3.63) is 65.7 Å². The molecule has 2 aliphatic rings. The highest BCUT2D eigenvalue weighted by atomic mass is 16.2. The predicted octanol–water partition coefficient (Wildman–Crippen LogP) is 3.41. The van der Waals surface area contributed by atoms with Crippen LogP contribution in [0.25, 0.3) is 6.08 Å². The second kappa shape index (κ2) is 4.77. The molecule has 3 heteroatoms. The maximum Gasteiger partial charge on any atom is 0.246 e. The standard InChI is InChI=1S/C18H16N2O/c21-18-12-11-15-7-2-4-10-17(15)20(18)19-13-5-8-14-6-1-3-9-16(14)19/h1-10H,11-13H2. The SMILES string of the molecule is O=C1CCc2ccccc2N1N1CC=Cc2ccccc21. The zero-order valence-corrected chi connectivity index (χ0v) is 11.7. The van der Waals surface area contributed by atoms with Crippen LogP contribution in [0, 0.1) is 0 Å². The number of hydrogen-bond acceptors (Lipinski definition) is 2. The average Bonchev–Trinajstić information content (AvgIpc) is 2.54. The summed E-state index contributed by atoms with van der Waals surface area (Å²) >= 11 is 0. The molecule has 0 radical (unpaired) electrons. The molecule has 1 amide bonds. The summed E-state index contributed by atoms with van der Waals surface area (Å²) in [5, 5.41) is 3.93. The number of hydrazine groups is 1. The second-order valence-electron chi connectivity index (χ2n) is 5.38. The molecular formula is C18H16N2O. The molecule has 0 aliphatic carbocycles. The summed E-state index contributed by atoms with van der Waals surface area (Å²) in [6.07, 6.45) is 5.62. The molecule has 0 aromatic heterocycles. The lowest BCUT2D eigenvalue weighted by molar-refractivity contribution is -0.119. The van der Waals surface area contributed by atoms with Crippen molar-refractivity contribution in [1.29, 1.82) is 0 Å². The van der Waals surface area contributed by atoms with E-state index in [1.807, 2.05) is 35.3 Å². The van der Waals surface area contributed by atoms with E-state index < -0.39 is 0 Å². The minimum absolute atomic E-state index is 0.166. The molecular weight excluding hydrogens is 260 g/mol. The lowest BCUT2D eigenvalue weighted by Gasteiger charge is -2.41. The van der Waals surface area contributed by atoms with E-state index in [1.165, 1.54) is 5.56 Å². The fourth-order valence-corrected chi connectivity index (χ4v) is 3.11. The summed E-state index contributed by atoms with van der Waals surface area (Å²) < 4.78 is 0. The molecule has 0 spiro atoms. The third-order valence-corrected chi connectivity index (χ3v) is 4.10. The lowest BCUT2D eigenvalue weighted by Crippen LogP contribution is -2.50. The first-order chi connectivity index (χ1) is 10.3. The number of anilines is 2. The number of para-hydroxylation sites is 2. The maximum absolute atomic E-state index is 12.5. The van der Waals surface area contributed by atoms with E-state index >= 15 is 0 Å². The predicted molar refractivity (Wildman–Crippen MR) is 85.1 cm³/mol. The molecule has 21 heavy (non-hydrogen) atoms. The van der Waals surface area contributed by atoms with E-state index in [0.29, 0.717) is 6.42 Å². The molecule has 2 heterocycles. The molecule has 3 nitrogen and oxygen atoms in total. The van der Waals surface area contributed by atoms with E-state index in [4.69, 9.17) is 0 Å². The highest BCUT2D eigenvalue weighted by molar-refractivity contribution is 5.99. The van der Waals surface area contributed by atoms with Gasteiger partial charge in [-0.2, -0.15) is 0 Å². The number of fused-ring (bicyclic) bond motifs is 2. The summed E-state index contributed by atoms with van der Waals surface area (Å²) in [7, 11) is 0. The first-order valence-corrected chi connectivity index (χ1v) is 7.28. The molecule has 0 unspecified atom stereocenters. The van der Waals surface area contributed by atoms with Crippen molar-refractivity contribution >= 4 is 23.4 Å². The molecule has 0 bridgehead atoms. The van der Waals surface area contributed by atoms with Crippen LogP contribution in [0.1, 0.15) is 17.5 Å². The van der Waals surface area contributed by atoms with Crippen LogP contribution in [0.5, 0.6) is 0 Å². The van der Waals surface area contributed by atoms with Crippen LogP contribution in [0.2, 0.25) is 0 Å². The van der Waals surface area contributed by atoms with Crippen LogP contribution in [-0.4, -0.2) is 12.5 Å². The van der Waals surface area contributed by atoms with Crippen molar-refractivity contribution in [1.82, 2.24) is 0 Å². The largest absolute Gasteiger partial charge is 0.274 e. The molecule has 2 aromatic rings. The summed E-state index contributed by atoms with van der Waals surface area (Å²) in [6, 6.07) is 16.4. The van der Waals surface area contributed by atoms with Crippen LogP contribution < -0.4 is 10.0 Å². The Morgan fingerprint density at radius 1 is 0.857 bits per heavy atom. The first kappa shape index (κ1) is 12.2. The van der Waals surface area contributed by atoms with Gasteiger partial charge in [-0.15, -0.1) is 0 Å². The Balaban J connectivity index is 1.84. The molecule has 2 aromatic carbocycles. The van der Waals surface area contributed by atoms with Crippen LogP contribution in [0.3, 0.4) is 0 Å². The third-order valence-electron chi connectivity index (χ3n) is 4.10. The minimum atomic E-state index is 0.166. The number of nitrogens with zero attached hydrogens (tertiary/aromatic N) is 2. The Hall–Kier alpha value is -2.55. The number of carbonyl (C=O) groups excluding carboxylic acids is 1. The molecule has 0 saturated heterocycles. The Kier molecular flexibility index (Phi) is 2.78. The van der Waals surface area contributed by atoms with Gasteiger partial charge in [0.15, 0.2) is 0 Å². The van der Waals surface area contributed by atoms with Gasteiger partial charge < -0.3 is 0 Å². The van der Waals surface area contributed by atoms with Gasteiger partial charge in [-0.25, -0.2) is 5.01 Å². The Bertz CT molecular complexity index is 736. The van der Waals surface area contributed by atoms with Gasteiger partial charge in [0.1, 0.15) is 0 Å². The quantitative estimate of drug-likeness (QED) is 0.797. The van der Waals surface area contributed by atoms with Gasteiger partial charge in [-0.1, -0.05) is 48.6 Å². The summed E-state index contributed by atoms with van der Waals surface area (Å²) in [5.41, 5.74) is 4.49. The van der Waals surface area contributed by atoms with E-state index in [1.54, 1.807) is 0 Å². The molecule has 2 aliphatic heterocycles. The van der Waals surface area contributed by atoms with Crippen molar-refractivity contribution in [3.63, 3.8) is 0 Å². The highest BCUT2D eigenvalue weighted by Crippen LogP contribution is 2.34. The number of benzene rings is 2. The third kappa shape index (κ3) is 1.93. The molecule has 0 fully saturated rings. The van der Waals surface area contributed by atoms with Gasteiger partial charge in [0.25, 0.3) is 0 Å². The molecule has 4 rings (SSSR count). The molecule has 0 saturated carbocycles. The average molecular weight is 276 g/mol. The van der Waals surface area contributed by atoms with Crippen LogP contribution in [0.15, 0.2) is 54.6 Å². The van der Waals surface area contributed by atoms with Crippen LogP contribution in [-0.2, 0) is 11.2 Å². The van der Waals surface area contributed by atoms with Crippen molar-refractivity contribution in [2.24, 2.45) is 0 Å². The maximum atomic E-state index is 12.5. The lowest BCUT2D eigenvalue weighted by atomic mass is 10.0. The van der Waals surface area contributed by atoms with E-state index in [9.17, 15) is 4.79 Å². The Morgan fingerprint density at radius 2 is 1.62 bits per heavy atom. The van der Waals surface area contributed by atoms with E-state index in [-0.39, 0.29) is 5.91 Å². The molecule has 0 N–H and O–H groups in total. The van der Waals surface area contributed by atoms with Crippen molar-refractivity contribution in [2.45, 2.75) is 12.8 Å². The monoisotopic (exact) mass is 276 g/mol.